The number of carbonyl (C=O) groups excluding carboxylic acids is 1. The van der Waals surface area contributed by atoms with E-state index in [-0.39, 0.29) is 29.8 Å². The van der Waals surface area contributed by atoms with Crippen LogP contribution in [0.2, 0.25) is 0 Å². The van der Waals surface area contributed by atoms with Gasteiger partial charge in [-0.1, -0.05) is 61.9 Å². The van der Waals surface area contributed by atoms with Gasteiger partial charge in [0.15, 0.2) is 0 Å². The average molecular weight is 403 g/mol. The molecular weight excluding hydrogens is 372 g/mol. The number of sulfonamides is 1. The summed E-state index contributed by atoms with van der Waals surface area (Å²) in [6.07, 6.45) is 0.912. The summed E-state index contributed by atoms with van der Waals surface area (Å²) in [5, 5.41) is 3.04. The zero-order valence-electron chi connectivity index (χ0n) is 17.0. The molecule has 0 aliphatic carbocycles. The van der Waals surface area contributed by atoms with Crippen LogP contribution in [-0.4, -0.2) is 20.9 Å². The van der Waals surface area contributed by atoms with Crippen molar-refractivity contribution in [1.29, 1.82) is 0 Å². The molecule has 0 radical (unpaired) electrons. The van der Waals surface area contributed by atoms with Crippen LogP contribution in [0.15, 0.2) is 53.4 Å². The Morgan fingerprint density at radius 1 is 1.04 bits per heavy atom. The van der Waals surface area contributed by atoms with Crippen molar-refractivity contribution in [2.24, 2.45) is 5.92 Å². The molecule has 28 heavy (non-hydrogen) atoms. The zero-order valence-corrected chi connectivity index (χ0v) is 17.8. The van der Waals surface area contributed by atoms with Gasteiger partial charge in [-0.15, -0.1) is 0 Å². The van der Waals surface area contributed by atoms with E-state index < -0.39 is 10.0 Å². The van der Waals surface area contributed by atoms with E-state index in [1.54, 1.807) is 19.1 Å². The van der Waals surface area contributed by atoms with Crippen molar-refractivity contribution >= 4 is 15.9 Å². The molecule has 5 nitrogen and oxygen atoms in total. The molecule has 1 unspecified atom stereocenters. The largest absolute Gasteiger partial charge is 0.349 e. The minimum atomic E-state index is -3.63. The SMILES string of the molecule is Cc1ccc(S(=O)(=O)NCCC(=O)NC(CC(C)C)c2ccccc2)c(C)c1. The predicted octanol–water partition coefficient (Wildman–Crippen LogP) is 3.88. The fourth-order valence-corrected chi connectivity index (χ4v) is 4.44. The molecule has 152 valence electrons. The summed E-state index contributed by atoms with van der Waals surface area (Å²) >= 11 is 0. The third-order valence-corrected chi connectivity index (χ3v) is 6.13. The molecule has 0 heterocycles. The second-order valence-electron chi connectivity index (χ2n) is 7.58. The van der Waals surface area contributed by atoms with Crippen LogP contribution in [0.1, 0.15) is 49.4 Å². The van der Waals surface area contributed by atoms with Gasteiger partial charge in [-0.2, -0.15) is 0 Å². The van der Waals surface area contributed by atoms with E-state index >= 15 is 0 Å². The highest BCUT2D eigenvalue weighted by molar-refractivity contribution is 7.89. The quantitative estimate of drug-likeness (QED) is 0.668. The summed E-state index contributed by atoms with van der Waals surface area (Å²) in [6, 6.07) is 15.0. The van der Waals surface area contributed by atoms with Gasteiger partial charge in [0.05, 0.1) is 10.9 Å². The Bertz CT molecular complexity index is 893. The zero-order chi connectivity index (χ0) is 20.7. The summed E-state index contributed by atoms with van der Waals surface area (Å²) in [5.74, 6) is 0.256. The first-order chi connectivity index (χ1) is 13.2. The molecule has 0 bridgehead atoms. The van der Waals surface area contributed by atoms with Crippen LogP contribution in [0.25, 0.3) is 0 Å². The summed E-state index contributed by atoms with van der Waals surface area (Å²) in [7, 11) is -3.63. The number of rotatable bonds is 9. The molecule has 0 saturated carbocycles. The van der Waals surface area contributed by atoms with Crippen molar-refractivity contribution in [3.05, 3.63) is 65.2 Å². The molecule has 2 aromatic carbocycles. The number of hydrogen-bond acceptors (Lipinski definition) is 3. The molecule has 2 rings (SSSR count). The summed E-state index contributed by atoms with van der Waals surface area (Å²) in [4.78, 5) is 12.6. The Kier molecular flexibility index (Phi) is 7.78. The lowest BCUT2D eigenvalue weighted by molar-refractivity contribution is -0.121. The smallest absolute Gasteiger partial charge is 0.240 e. The molecule has 0 spiro atoms. The minimum Gasteiger partial charge on any atom is -0.349 e. The van der Waals surface area contributed by atoms with Gasteiger partial charge < -0.3 is 5.32 Å². The standard InChI is InChI=1S/C22H30N2O3S/c1-16(2)14-20(19-8-6-5-7-9-19)24-22(25)12-13-23-28(26,27)21-11-10-17(3)15-18(21)4/h5-11,15-16,20,23H,12-14H2,1-4H3,(H,24,25). The van der Waals surface area contributed by atoms with Crippen LogP contribution in [-0.2, 0) is 14.8 Å². The third-order valence-electron chi connectivity index (χ3n) is 4.51. The van der Waals surface area contributed by atoms with Crippen LogP contribution in [0.3, 0.4) is 0 Å². The van der Waals surface area contributed by atoms with Gasteiger partial charge in [-0.25, -0.2) is 13.1 Å². The van der Waals surface area contributed by atoms with Crippen molar-refractivity contribution < 1.29 is 13.2 Å². The lowest BCUT2D eigenvalue weighted by Gasteiger charge is -2.21. The topological polar surface area (TPSA) is 75.3 Å². The number of benzene rings is 2. The summed E-state index contributed by atoms with van der Waals surface area (Å²) in [6.45, 7) is 7.97. The maximum absolute atomic E-state index is 12.5. The van der Waals surface area contributed by atoms with E-state index in [9.17, 15) is 13.2 Å². The molecular formula is C22H30N2O3S. The Morgan fingerprint density at radius 3 is 2.32 bits per heavy atom. The molecule has 0 saturated heterocycles. The summed E-state index contributed by atoms with van der Waals surface area (Å²) in [5.41, 5.74) is 2.76. The molecule has 6 heteroatoms. The Morgan fingerprint density at radius 2 is 1.71 bits per heavy atom. The predicted molar refractivity (Wildman–Crippen MR) is 113 cm³/mol. The highest BCUT2D eigenvalue weighted by atomic mass is 32.2. The Labute approximate surface area is 168 Å². The molecule has 0 fully saturated rings. The number of amides is 1. The maximum Gasteiger partial charge on any atom is 0.240 e. The van der Waals surface area contributed by atoms with E-state index in [2.05, 4.69) is 23.9 Å². The molecule has 1 amide bonds. The van der Waals surface area contributed by atoms with Crippen molar-refractivity contribution in [3.63, 3.8) is 0 Å². The maximum atomic E-state index is 12.5. The van der Waals surface area contributed by atoms with Crippen molar-refractivity contribution in [2.75, 3.05) is 6.54 Å². The molecule has 0 aliphatic heterocycles. The number of hydrogen-bond donors (Lipinski definition) is 2. The highest BCUT2D eigenvalue weighted by Gasteiger charge is 2.19. The van der Waals surface area contributed by atoms with Gasteiger partial charge >= 0.3 is 0 Å². The Hall–Kier alpha value is -2.18. The first kappa shape index (κ1) is 22.1. The van der Waals surface area contributed by atoms with Crippen LogP contribution < -0.4 is 10.0 Å². The number of aryl methyl sites for hydroxylation is 2. The van der Waals surface area contributed by atoms with Crippen molar-refractivity contribution in [1.82, 2.24) is 10.0 Å². The van der Waals surface area contributed by atoms with E-state index in [4.69, 9.17) is 0 Å². The van der Waals surface area contributed by atoms with Crippen molar-refractivity contribution in [3.8, 4) is 0 Å². The lowest BCUT2D eigenvalue weighted by Crippen LogP contribution is -2.33. The monoisotopic (exact) mass is 402 g/mol. The van der Waals surface area contributed by atoms with Crippen molar-refractivity contribution in [2.45, 2.75) is 51.5 Å². The van der Waals surface area contributed by atoms with Crippen LogP contribution >= 0.6 is 0 Å². The van der Waals surface area contributed by atoms with Gasteiger partial charge in [0.1, 0.15) is 0 Å². The fourth-order valence-electron chi connectivity index (χ4n) is 3.18. The van der Waals surface area contributed by atoms with Crippen LogP contribution in [0, 0.1) is 19.8 Å². The normalized spacial score (nSPS) is 12.8. The van der Waals surface area contributed by atoms with E-state index in [0.29, 0.717) is 11.5 Å². The first-order valence-corrected chi connectivity index (χ1v) is 11.1. The number of nitrogens with one attached hydrogen (secondary N) is 2. The second kappa shape index (κ2) is 9.85. The second-order valence-corrected chi connectivity index (χ2v) is 9.31. The minimum absolute atomic E-state index is 0.0602. The van der Waals surface area contributed by atoms with Gasteiger partial charge in [-0.05, 0) is 43.4 Å². The van der Waals surface area contributed by atoms with E-state index in [1.165, 1.54) is 0 Å². The molecule has 2 aromatic rings. The van der Waals surface area contributed by atoms with E-state index in [1.807, 2.05) is 43.3 Å². The van der Waals surface area contributed by atoms with E-state index in [0.717, 1.165) is 17.5 Å². The fraction of sp³-hybridized carbons (Fsp3) is 0.409. The average Bonchev–Trinajstić information content (AvgIpc) is 2.61. The Balaban J connectivity index is 1.95. The van der Waals surface area contributed by atoms with Gasteiger partial charge in [0.2, 0.25) is 15.9 Å². The van der Waals surface area contributed by atoms with Crippen LogP contribution in [0.4, 0.5) is 0 Å². The molecule has 1 atom stereocenters. The molecule has 0 aliphatic rings. The number of carbonyl (C=O) groups is 1. The molecule has 2 N–H and O–H groups in total. The highest BCUT2D eigenvalue weighted by Crippen LogP contribution is 2.21. The molecule has 0 aromatic heterocycles. The summed E-state index contributed by atoms with van der Waals surface area (Å²) < 4.78 is 27.5. The van der Waals surface area contributed by atoms with Gasteiger partial charge in [0, 0.05) is 13.0 Å². The first-order valence-electron chi connectivity index (χ1n) is 9.60. The van der Waals surface area contributed by atoms with Gasteiger partial charge in [-0.3, -0.25) is 4.79 Å². The van der Waals surface area contributed by atoms with Crippen LogP contribution in [0.5, 0.6) is 0 Å². The lowest BCUT2D eigenvalue weighted by atomic mass is 9.97. The third kappa shape index (κ3) is 6.46. The van der Waals surface area contributed by atoms with Gasteiger partial charge in [0.25, 0.3) is 0 Å².